The Balaban J connectivity index is 1.80. The molecule has 2 atom stereocenters. The van der Waals surface area contributed by atoms with Crippen LogP contribution in [0.1, 0.15) is 71.2 Å². The van der Waals surface area contributed by atoms with E-state index in [1.807, 2.05) is 36.4 Å². The molecule has 0 fully saturated rings. The molecule has 12 heteroatoms. The predicted octanol–water partition coefficient (Wildman–Crippen LogP) is 4.60. The zero-order valence-corrected chi connectivity index (χ0v) is 28.8. The average molecular weight is 655 g/mol. The Morgan fingerprint density at radius 3 is 2.30 bits per heavy atom. The van der Waals surface area contributed by atoms with Crippen molar-refractivity contribution in [1.82, 2.24) is 20.4 Å². The van der Waals surface area contributed by atoms with Crippen molar-refractivity contribution in [3.63, 3.8) is 0 Å². The number of carbonyl (C=O) groups excluding carboxylic acids is 4. The van der Waals surface area contributed by atoms with Gasteiger partial charge in [0.05, 0.1) is 7.11 Å². The first-order chi connectivity index (χ1) is 22.2. The van der Waals surface area contributed by atoms with E-state index < -0.39 is 42.4 Å². The van der Waals surface area contributed by atoms with E-state index in [1.165, 1.54) is 4.90 Å². The molecule has 47 heavy (non-hydrogen) atoms. The van der Waals surface area contributed by atoms with E-state index in [2.05, 4.69) is 43.2 Å². The molecular formula is C35H50N4O8. The summed E-state index contributed by atoms with van der Waals surface area (Å²) in [4.78, 5) is 55.7. The van der Waals surface area contributed by atoms with Crippen LogP contribution in [0.15, 0.2) is 48.5 Å². The minimum absolute atomic E-state index is 0.179. The SMILES string of the molecule is COC(=O)[C@H](COC(=O)N1CCc2cc(OCc3ccccc3)ccc2C1C(=O)NCCN(C(C)C)C(C)C)NC(=O)OC(C)(C)C. The number of hydrogen-bond donors (Lipinski definition) is 2. The second kappa shape index (κ2) is 17.0. The van der Waals surface area contributed by atoms with Crippen LogP contribution in [0.5, 0.6) is 5.75 Å². The molecule has 258 valence electrons. The third-order valence-electron chi connectivity index (χ3n) is 7.62. The lowest BCUT2D eigenvalue weighted by Crippen LogP contribution is -2.51. The summed E-state index contributed by atoms with van der Waals surface area (Å²) < 4.78 is 21.6. The summed E-state index contributed by atoms with van der Waals surface area (Å²) in [7, 11) is 1.16. The zero-order valence-electron chi connectivity index (χ0n) is 28.8. The maximum Gasteiger partial charge on any atom is 0.410 e. The topological polar surface area (TPSA) is 136 Å². The standard InChI is InChI=1S/C35H50N4O8/c1-23(2)38(24(3)4)19-17-36-31(40)30-28-15-14-27(45-21-25-12-10-9-11-13-25)20-26(28)16-18-39(30)34(43)46-22-29(32(41)44-8)37-33(42)47-35(5,6)7/h9-15,20,23-24,29-30H,16-19,21-22H2,1-8H3,(H,36,40)(H,37,42)/t29-,30?/m0/s1. The summed E-state index contributed by atoms with van der Waals surface area (Å²) in [5.74, 6) is -0.518. The number of rotatable bonds is 13. The molecule has 0 aromatic heterocycles. The first-order valence-corrected chi connectivity index (χ1v) is 16.0. The molecule has 0 bridgehead atoms. The molecule has 0 saturated carbocycles. The molecule has 3 amide bonds. The fourth-order valence-corrected chi connectivity index (χ4v) is 5.43. The van der Waals surface area contributed by atoms with Gasteiger partial charge < -0.3 is 29.6 Å². The molecule has 0 spiro atoms. The Kier molecular flexibility index (Phi) is 13.4. The van der Waals surface area contributed by atoms with Gasteiger partial charge in [-0.25, -0.2) is 14.4 Å². The first-order valence-electron chi connectivity index (χ1n) is 16.0. The normalized spacial score (nSPS) is 15.1. The first kappa shape index (κ1) is 37.1. The number of nitrogens with zero attached hydrogens (tertiary/aromatic N) is 2. The third-order valence-corrected chi connectivity index (χ3v) is 7.62. The molecule has 0 aliphatic carbocycles. The number of hydrogen-bond acceptors (Lipinski definition) is 9. The summed E-state index contributed by atoms with van der Waals surface area (Å²) in [6.45, 7) is 14.5. The highest BCUT2D eigenvalue weighted by Crippen LogP contribution is 2.33. The lowest BCUT2D eigenvalue weighted by Gasteiger charge is -2.36. The Hall–Kier alpha value is -4.32. The molecule has 1 aliphatic rings. The van der Waals surface area contributed by atoms with Crippen LogP contribution in [0.2, 0.25) is 0 Å². The van der Waals surface area contributed by atoms with Gasteiger partial charge >= 0.3 is 18.2 Å². The van der Waals surface area contributed by atoms with E-state index in [4.69, 9.17) is 18.9 Å². The van der Waals surface area contributed by atoms with E-state index in [-0.39, 0.29) is 12.5 Å². The number of fused-ring (bicyclic) bond motifs is 1. The highest BCUT2D eigenvalue weighted by Gasteiger charge is 2.38. The molecule has 1 heterocycles. The number of ether oxygens (including phenoxy) is 4. The number of carbonyl (C=O) groups is 4. The van der Waals surface area contributed by atoms with Crippen molar-refractivity contribution in [1.29, 1.82) is 0 Å². The molecule has 1 aliphatic heterocycles. The quantitative estimate of drug-likeness (QED) is 0.235. The molecule has 2 aromatic rings. The monoisotopic (exact) mass is 654 g/mol. The van der Waals surface area contributed by atoms with Gasteiger partial charge in [-0.3, -0.25) is 14.6 Å². The maximum absolute atomic E-state index is 13.8. The van der Waals surface area contributed by atoms with Gasteiger partial charge in [0.15, 0.2) is 6.04 Å². The van der Waals surface area contributed by atoms with Crippen LogP contribution in [-0.4, -0.2) is 90.9 Å². The minimum atomic E-state index is -1.31. The molecule has 12 nitrogen and oxygen atoms in total. The van der Waals surface area contributed by atoms with Crippen LogP contribution < -0.4 is 15.4 Å². The highest BCUT2D eigenvalue weighted by atomic mass is 16.6. The number of benzene rings is 2. The summed E-state index contributed by atoms with van der Waals surface area (Å²) in [6.07, 6.45) is -1.23. The number of methoxy groups -OCH3 is 1. The molecule has 3 rings (SSSR count). The van der Waals surface area contributed by atoms with Crippen molar-refractivity contribution in [3.8, 4) is 5.75 Å². The Morgan fingerprint density at radius 2 is 1.68 bits per heavy atom. The summed E-state index contributed by atoms with van der Waals surface area (Å²) >= 11 is 0. The summed E-state index contributed by atoms with van der Waals surface area (Å²) in [5.41, 5.74) is 1.75. The van der Waals surface area contributed by atoms with Crippen molar-refractivity contribution in [3.05, 3.63) is 65.2 Å². The molecular weight excluding hydrogens is 604 g/mol. The molecule has 2 N–H and O–H groups in total. The summed E-state index contributed by atoms with van der Waals surface area (Å²) in [5, 5.41) is 5.40. The van der Waals surface area contributed by atoms with Gasteiger partial charge in [-0.15, -0.1) is 0 Å². The summed E-state index contributed by atoms with van der Waals surface area (Å²) in [6, 6.07) is 13.6. The highest BCUT2D eigenvalue weighted by molar-refractivity contribution is 5.88. The van der Waals surface area contributed by atoms with Crippen LogP contribution in [0.3, 0.4) is 0 Å². The molecule has 0 saturated heterocycles. The van der Waals surface area contributed by atoms with E-state index in [1.54, 1.807) is 32.9 Å². The van der Waals surface area contributed by atoms with E-state index >= 15 is 0 Å². The number of nitrogens with one attached hydrogen (secondary N) is 2. The smallest absolute Gasteiger partial charge is 0.410 e. The Bertz CT molecular complexity index is 1350. The molecule has 0 radical (unpaired) electrons. The molecule has 2 aromatic carbocycles. The lowest BCUT2D eigenvalue weighted by molar-refractivity contribution is -0.144. The molecule has 1 unspecified atom stereocenters. The zero-order chi connectivity index (χ0) is 34.7. The average Bonchev–Trinajstić information content (AvgIpc) is 3.01. The lowest BCUT2D eigenvalue weighted by atomic mass is 9.92. The second-order valence-electron chi connectivity index (χ2n) is 13.0. The maximum atomic E-state index is 13.8. The van der Waals surface area contributed by atoms with E-state index in [0.29, 0.717) is 49.5 Å². The third kappa shape index (κ3) is 11.2. The predicted molar refractivity (Wildman–Crippen MR) is 177 cm³/mol. The van der Waals surface area contributed by atoms with Gasteiger partial charge in [-0.1, -0.05) is 36.4 Å². The fourth-order valence-electron chi connectivity index (χ4n) is 5.43. The fraction of sp³-hybridized carbons (Fsp3) is 0.543. The van der Waals surface area contributed by atoms with Crippen LogP contribution >= 0.6 is 0 Å². The Labute approximate surface area is 278 Å². The van der Waals surface area contributed by atoms with Crippen molar-refractivity contribution < 1.29 is 38.1 Å². The minimum Gasteiger partial charge on any atom is -0.489 e. The number of esters is 1. The Morgan fingerprint density at radius 1 is 1.00 bits per heavy atom. The van der Waals surface area contributed by atoms with Crippen LogP contribution in [0.4, 0.5) is 9.59 Å². The van der Waals surface area contributed by atoms with Gasteiger partial charge in [0.1, 0.15) is 30.6 Å². The number of alkyl carbamates (subject to hydrolysis) is 1. The van der Waals surface area contributed by atoms with Crippen LogP contribution in [0, 0.1) is 0 Å². The van der Waals surface area contributed by atoms with Crippen molar-refractivity contribution >= 4 is 24.1 Å². The second-order valence-corrected chi connectivity index (χ2v) is 13.0. The van der Waals surface area contributed by atoms with Crippen molar-refractivity contribution in [2.24, 2.45) is 0 Å². The van der Waals surface area contributed by atoms with Crippen molar-refractivity contribution in [2.75, 3.05) is 33.4 Å². The van der Waals surface area contributed by atoms with Crippen molar-refractivity contribution in [2.45, 2.75) is 91.3 Å². The van der Waals surface area contributed by atoms with Crippen LogP contribution in [-0.2, 0) is 36.8 Å². The van der Waals surface area contributed by atoms with Gasteiger partial charge in [-0.2, -0.15) is 0 Å². The number of amides is 3. The van der Waals surface area contributed by atoms with E-state index in [0.717, 1.165) is 18.2 Å². The van der Waals surface area contributed by atoms with Gasteiger partial charge in [-0.05, 0) is 83.7 Å². The van der Waals surface area contributed by atoms with Gasteiger partial charge in [0, 0.05) is 31.7 Å². The largest absolute Gasteiger partial charge is 0.489 e. The van der Waals surface area contributed by atoms with Gasteiger partial charge in [0.25, 0.3) is 0 Å². The van der Waals surface area contributed by atoms with E-state index in [9.17, 15) is 19.2 Å². The van der Waals surface area contributed by atoms with Gasteiger partial charge in [0.2, 0.25) is 5.91 Å². The van der Waals surface area contributed by atoms with Crippen LogP contribution in [0.25, 0.3) is 0 Å².